The van der Waals surface area contributed by atoms with Gasteiger partial charge in [-0.3, -0.25) is 9.69 Å². The normalized spacial score (nSPS) is 22.3. The van der Waals surface area contributed by atoms with E-state index in [4.69, 9.17) is 11.6 Å². The number of hydrogen-bond donors (Lipinski definition) is 2. The zero-order valence-electron chi connectivity index (χ0n) is 15.0. The Balaban J connectivity index is 1.38. The Labute approximate surface area is 163 Å². The molecule has 1 fully saturated rings. The molecule has 0 saturated carbocycles. The van der Waals surface area contributed by atoms with Gasteiger partial charge in [0.15, 0.2) is 0 Å². The van der Waals surface area contributed by atoms with E-state index in [9.17, 15) is 4.79 Å². The number of piperidine rings is 1. The van der Waals surface area contributed by atoms with Crippen LogP contribution in [-0.4, -0.2) is 34.9 Å². The van der Waals surface area contributed by atoms with Crippen LogP contribution in [-0.2, 0) is 6.42 Å². The number of aromatic nitrogens is 1. The number of amides is 1. The Morgan fingerprint density at radius 2 is 2.04 bits per heavy atom. The van der Waals surface area contributed by atoms with Crippen LogP contribution in [0.1, 0.15) is 40.5 Å². The number of halogens is 1. The van der Waals surface area contributed by atoms with Crippen molar-refractivity contribution in [3.8, 4) is 0 Å². The minimum Gasteiger partial charge on any atom is -0.357 e. The first-order valence-electron chi connectivity index (χ1n) is 9.59. The first-order valence-corrected chi connectivity index (χ1v) is 9.97. The van der Waals surface area contributed by atoms with Crippen LogP contribution >= 0.6 is 11.6 Å². The van der Waals surface area contributed by atoms with Gasteiger partial charge in [-0.1, -0.05) is 35.9 Å². The highest BCUT2D eigenvalue weighted by molar-refractivity contribution is 6.30. The second-order valence-corrected chi connectivity index (χ2v) is 8.01. The molecule has 2 unspecified atom stereocenters. The predicted octanol–water partition coefficient (Wildman–Crippen LogP) is 4.31. The summed E-state index contributed by atoms with van der Waals surface area (Å²) in [5.41, 5.74) is 4.63. The van der Waals surface area contributed by atoms with Crippen LogP contribution in [0.15, 0.2) is 48.5 Å². The number of nitrogens with one attached hydrogen (secondary N) is 2. The Morgan fingerprint density at radius 1 is 1.15 bits per heavy atom. The van der Waals surface area contributed by atoms with Crippen molar-refractivity contribution in [3.05, 3.63) is 70.4 Å². The first-order chi connectivity index (χ1) is 13.2. The number of aromatic amines is 1. The smallest absolute Gasteiger partial charge is 0.251 e. The lowest BCUT2D eigenvalue weighted by molar-refractivity contribution is 0.0839. The second-order valence-electron chi connectivity index (χ2n) is 7.57. The van der Waals surface area contributed by atoms with Crippen molar-refractivity contribution in [1.82, 2.24) is 15.2 Å². The predicted molar refractivity (Wildman–Crippen MR) is 108 cm³/mol. The molecule has 5 rings (SSSR count). The zero-order valence-corrected chi connectivity index (χ0v) is 15.8. The molecule has 0 spiro atoms. The lowest BCUT2D eigenvalue weighted by atomic mass is 9.88. The quantitative estimate of drug-likeness (QED) is 0.696. The van der Waals surface area contributed by atoms with E-state index < -0.39 is 0 Å². The summed E-state index contributed by atoms with van der Waals surface area (Å²) in [4.78, 5) is 18.8. The summed E-state index contributed by atoms with van der Waals surface area (Å²) in [6.45, 7) is 2.11. The Hall–Kier alpha value is -2.30. The van der Waals surface area contributed by atoms with Crippen molar-refractivity contribution in [2.45, 2.75) is 31.3 Å². The van der Waals surface area contributed by atoms with E-state index in [1.54, 1.807) is 12.1 Å². The first kappa shape index (κ1) is 16.8. The summed E-state index contributed by atoms with van der Waals surface area (Å²) in [6, 6.07) is 16.2. The molecule has 27 heavy (non-hydrogen) atoms. The Kier molecular flexibility index (Phi) is 4.18. The summed E-state index contributed by atoms with van der Waals surface area (Å²) in [5.74, 6) is -0.0383. The third-order valence-corrected chi connectivity index (χ3v) is 6.20. The number of carbonyl (C=O) groups is 1. The molecule has 1 amide bonds. The van der Waals surface area contributed by atoms with Gasteiger partial charge in [-0.2, -0.15) is 0 Å². The van der Waals surface area contributed by atoms with Gasteiger partial charge in [0.2, 0.25) is 0 Å². The summed E-state index contributed by atoms with van der Waals surface area (Å²) in [5, 5.41) is 5.16. The SMILES string of the molecule is O=C(NC1CCN2CCc3c([nH]c4ccccc34)C2C1)c1cccc(Cl)c1. The van der Waals surface area contributed by atoms with Gasteiger partial charge >= 0.3 is 0 Å². The number of para-hydroxylation sites is 1. The van der Waals surface area contributed by atoms with Gasteiger partial charge in [0.1, 0.15) is 0 Å². The van der Waals surface area contributed by atoms with E-state index >= 15 is 0 Å². The molecular weight excluding hydrogens is 358 g/mol. The number of carbonyl (C=O) groups excluding carboxylic acids is 1. The average Bonchev–Trinajstić information content (AvgIpc) is 3.07. The van der Waals surface area contributed by atoms with Gasteiger partial charge in [0, 0.05) is 46.3 Å². The number of fused-ring (bicyclic) bond motifs is 5. The van der Waals surface area contributed by atoms with Gasteiger partial charge in [-0.15, -0.1) is 0 Å². The summed E-state index contributed by atoms with van der Waals surface area (Å²) in [6.07, 6.45) is 3.01. The lowest BCUT2D eigenvalue weighted by Crippen LogP contribution is -2.48. The third kappa shape index (κ3) is 3.03. The molecule has 0 aliphatic carbocycles. The fourth-order valence-electron chi connectivity index (χ4n) is 4.64. The van der Waals surface area contributed by atoms with Gasteiger partial charge in [-0.05, 0) is 49.1 Å². The monoisotopic (exact) mass is 379 g/mol. The highest BCUT2D eigenvalue weighted by Crippen LogP contribution is 2.39. The number of nitrogens with zero attached hydrogens (tertiary/aromatic N) is 1. The fourth-order valence-corrected chi connectivity index (χ4v) is 4.83. The molecule has 4 nitrogen and oxygen atoms in total. The van der Waals surface area contributed by atoms with Crippen molar-refractivity contribution >= 4 is 28.4 Å². The Morgan fingerprint density at radius 3 is 2.93 bits per heavy atom. The number of H-pyrrole nitrogens is 1. The second kappa shape index (κ2) is 6.70. The molecule has 3 heterocycles. The molecule has 138 valence electrons. The molecule has 2 atom stereocenters. The summed E-state index contributed by atoms with van der Waals surface area (Å²) in [7, 11) is 0. The summed E-state index contributed by atoms with van der Waals surface area (Å²) < 4.78 is 0. The van der Waals surface area contributed by atoms with E-state index in [0.29, 0.717) is 16.6 Å². The molecule has 1 saturated heterocycles. The molecular formula is C22H22ClN3O. The molecule has 1 aromatic heterocycles. The van der Waals surface area contributed by atoms with Gasteiger partial charge < -0.3 is 10.3 Å². The third-order valence-electron chi connectivity index (χ3n) is 5.96. The highest BCUT2D eigenvalue weighted by atomic mass is 35.5. The van der Waals surface area contributed by atoms with Gasteiger partial charge in [0.05, 0.1) is 6.04 Å². The zero-order chi connectivity index (χ0) is 18.4. The van der Waals surface area contributed by atoms with Crippen LogP contribution in [0.5, 0.6) is 0 Å². The molecule has 2 N–H and O–H groups in total. The van der Waals surface area contributed by atoms with Crippen LogP contribution in [0.4, 0.5) is 0 Å². The number of benzene rings is 2. The van der Waals surface area contributed by atoms with Crippen molar-refractivity contribution in [2.24, 2.45) is 0 Å². The molecule has 0 radical (unpaired) electrons. The molecule has 0 bridgehead atoms. The minimum atomic E-state index is -0.0383. The molecule has 3 aromatic rings. The standard InChI is InChI=1S/C22H22ClN3O/c23-15-5-3-4-14(12-15)22(27)24-16-8-10-26-11-9-18-17-6-1-2-7-19(17)25-21(18)20(26)13-16/h1-7,12,16,20,25H,8-11,13H2,(H,24,27). The van der Waals surface area contributed by atoms with Crippen molar-refractivity contribution in [1.29, 1.82) is 0 Å². The van der Waals surface area contributed by atoms with Crippen LogP contribution < -0.4 is 5.32 Å². The van der Waals surface area contributed by atoms with Crippen molar-refractivity contribution in [2.75, 3.05) is 13.1 Å². The van der Waals surface area contributed by atoms with Gasteiger partial charge in [0.25, 0.3) is 5.91 Å². The van der Waals surface area contributed by atoms with Gasteiger partial charge in [-0.25, -0.2) is 0 Å². The van der Waals surface area contributed by atoms with Crippen LogP contribution in [0.2, 0.25) is 5.02 Å². The topological polar surface area (TPSA) is 48.1 Å². The molecule has 2 aromatic carbocycles. The maximum Gasteiger partial charge on any atom is 0.251 e. The summed E-state index contributed by atoms with van der Waals surface area (Å²) >= 11 is 6.03. The molecule has 5 heteroatoms. The van der Waals surface area contributed by atoms with Crippen molar-refractivity contribution < 1.29 is 4.79 Å². The fraction of sp³-hybridized carbons (Fsp3) is 0.318. The average molecular weight is 380 g/mol. The molecule has 2 aliphatic rings. The molecule has 2 aliphatic heterocycles. The van der Waals surface area contributed by atoms with Crippen LogP contribution in [0, 0.1) is 0 Å². The number of rotatable bonds is 2. The van der Waals surface area contributed by atoms with E-state index in [0.717, 1.165) is 32.4 Å². The van der Waals surface area contributed by atoms with E-state index in [2.05, 4.69) is 39.5 Å². The largest absolute Gasteiger partial charge is 0.357 e. The van der Waals surface area contributed by atoms with Crippen LogP contribution in [0.25, 0.3) is 10.9 Å². The highest BCUT2D eigenvalue weighted by Gasteiger charge is 2.35. The number of hydrogen-bond acceptors (Lipinski definition) is 2. The van der Waals surface area contributed by atoms with Crippen molar-refractivity contribution in [3.63, 3.8) is 0 Å². The lowest BCUT2D eigenvalue weighted by Gasteiger charge is -2.42. The van der Waals surface area contributed by atoms with E-state index in [1.165, 1.54) is 22.2 Å². The van der Waals surface area contributed by atoms with Crippen LogP contribution in [0.3, 0.4) is 0 Å². The minimum absolute atomic E-state index is 0.0383. The maximum absolute atomic E-state index is 12.6. The van der Waals surface area contributed by atoms with E-state index in [1.807, 2.05) is 12.1 Å². The maximum atomic E-state index is 12.6. The van der Waals surface area contributed by atoms with E-state index in [-0.39, 0.29) is 11.9 Å². The Bertz CT molecular complexity index is 1010.